The fraction of sp³-hybridized carbons (Fsp3) is 0.211. The number of anilines is 1. The minimum atomic E-state index is -3.70. The van der Waals surface area contributed by atoms with Crippen LogP contribution in [0.1, 0.15) is 27.0 Å². The summed E-state index contributed by atoms with van der Waals surface area (Å²) in [6, 6.07) is 11.4. The van der Waals surface area contributed by atoms with E-state index in [1.54, 1.807) is 31.2 Å². The van der Waals surface area contributed by atoms with Crippen LogP contribution in [0.15, 0.2) is 47.6 Å². The van der Waals surface area contributed by atoms with Crippen molar-refractivity contribution in [1.82, 2.24) is 5.43 Å². The van der Waals surface area contributed by atoms with E-state index in [2.05, 4.69) is 10.5 Å². The van der Waals surface area contributed by atoms with Crippen molar-refractivity contribution in [2.75, 3.05) is 17.1 Å². The van der Waals surface area contributed by atoms with Gasteiger partial charge in [-0.2, -0.15) is 5.10 Å². The Bertz CT molecular complexity index is 1030. The number of nitrogens with zero attached hydrogens (tertiary/aromatic N) is 2. The molecule has 0 unspecified atom stereocenters. The monoisotopic (exact) mass is 403 g/mol. The summed E-state index contributed by atoms with van der Waals surface area (Å²) in [6.45, 7) is 3.19. The van der Waals surface area contributed by atoms with Crippen molar-refractivity contribution in [3.8, 4) is 0 Å². The molecule has 0 aliphatic rings. The minimum Gasteiger partial charge on any atom is -0.478 e. The molecule has 9 heteroatoms. The van der Waals surface area contributed by atoms with E-state index in [0.717, 1.165) is 21.7 Å². The number of rotatable bonds is 7. The first kappa shape index (κ1) is 21.1. The number of nitrogens with one attached hydrogen (secondary N) is 1. The highest BCUT2D eigenvalue weighted by Crippen LogP contribution is 2.23. The zero-order chi connectivity index (χ0) is 20.9. The van der Waals surface area contributed by atoms with Gasteiger partial charge >= 0.3 is 5.97 Å². The molecule has 0 heterocycles. The van der Waals surface area contributed by atoms with E-state index in [1.807, 2.05) is 13.0 Å². The van der Waals surface area contributed by atoms with Crippen LogP contribution in [0.2, 0.25) is 0 Å². The highest BCUT2D eigenvalue weighted by molar-refractivity contribution is 7.92. The third kappa shape index (κ3) is 5.40. The number of aryl methyl sites for hydroxylation is 2. The van der Waals surface area contributed by atoms with Crippen molar-refractivity contribution < 1.29 is 23.1 Å². The second kappa shape index (κ2) is 8.66. The Hall–Kier alpha value is -3.20. The predicted octanol–water partition coefficient (Wildman–Crippen LogP) is 1.92. The number of sulfonamides is 1. The van der Waals surface area contributed by atoms with Gasteiger partial charge < -0.3 is 5.11 Å². The summed E-state index contributed by atoms with van der Waals surface area (Å²) in [7, 11) is -3.70. The number of carboxylic acid groups (broad SMARTS) is 1. The van der Waals surface area contributed by atoms with E-state index in [1.165, 1.54) is 18.3 Å². The van der Waals surface area contributed by atoms with Gasteiger partial charge in [-0.25, -0.2) is 18.6 Å². The van der Waals surface area contributed by atoms with Gasteiger partial charge in [0, 0.05) is 5.56 Å². The zero-order valence-corrected chi connectivity index (χ0v) is 16.5. The van der Waals surface area contributed by atoms with Crippen LogP contribution < -0.4 is 9.73 Å². The zero-order valence-electron chi connectivity index (χ0n) is 15.7. The van der Waals surface area contributed by atoms with Gasteiger partial charge in [0.1, 0.15) is 6.54 Å². The van der Waals surface area contributed by atoms with E-state index >= 15 is 0 Å². The average molecular weight is 403 g/mol. The molecule has 0 aromatic heterocycles. The number of carbonyl (C=O) groups is 2. The first-order chi connectivity index (χ1) is 13.1. The van der Waals surface area contributed by atoms with Gasteiger partial charge in [-0.05, 0) is 31.5 Å². The van der Waals surface area contributed by atoms with Crippen LogP contribution in [0.25, 0.3) is 0 Å². The van der Waals surface area contributed by atoms with Crippen LogP contribution in [0.3, 0.4) is 0 Å². The lowest BCUT2D eigenvalue weighted by Crippen LogP contribution is -2.39. The molecule has 0 radical (unpaired) electrons. The molecule has 0 atom stereocenters. The van der Waals surface area contributed by atoms with E-state index < -0.39 is 28.4 Å². The van der Waals surface area contributed by atoms with Crippen molar-refractivity contribution in [1.29, 1.82) is 0 Å². The summed E-state index contributed by atoms with van der Waals surface area (Å²) < 4.78 is 25.3. The normalized spacial score (nSPS) is 11.4. The van der Waals surface area contributed by atoms with Gasteiger partial charge in [0.25, 0.3) is 5.91 Å². The van der Waals surface area contributed by atoms with Crippen molar-refractivity contribution in [3.05, 3.63) is 64.7 Å². The van der Waals surface area contributed by atoms with Gasteiger partial charge in [-0.15, -0.1) is 0 Å². The summed E-state index contributed by atoms with van der Waals surface area (Å²) in [4.78, 5) is 23.4. The molecule has 1 amide bonds. The molecule has 148 valence electrons. The van der Waals surface area contributed by atoms with Crippen molar-refractivity contribution in [2.24, 2.45) is 5.10 Å². The summed E-state index contributed by atoms with van der Waals surface area (Å²) in [6.07, 6.45) is 2.22. The summed E-state index contributed by atoms with van der Waals surface area (Å²) >= 11 is 0. The summed E-state index contributed by atoms with van der Waals surface area (Å²) in [5.74, 6) is -1.78. The fourth-order valence-corrected chi connectivity index (χ4v) is 3.52. The van der Waals surface area contributed by atoms with Gasteiger partial charge in [0.2, 0.25) is 10.0 Å². The van der Waals surface area contributed by atoms with E-state index in [4.69, 9.17) is 5.11 Å². The number of amides is 1. The molecule has 2 rings (SSSR count). The second-order valence-electron chi connectivity index (χ2n) is 6.25. The van der Waals surface area contributed by atoms with Crippen LogP contribution in [0.4, 0.5) is 5.69 Å². The standard InChI is InChI=1S/C19H21N3O5S/c1-13-8-9-17(14(2)10-13)22(28(3,26)27)12-18(23)21-20-11-15-6-4-5-7-16(15)19(24)25/h4-11H,12H2,1-3H3,(H,21,23)(H,24,25)/b20-11-. The smallest absolute Gasteiger partial charge is 0.336 e. The first-order valence-electron chi connectivity index (χ1n) is 8.29. The van der Waals surface area contributed by atoms with Crippen LogP contribution in [0, 0.1) is 13.8 Å². The molecule has 0 spiro atoms. The van der Waals surface area contributed by atoms with Gasteiger partial charge in [0.05, 0.1) is 23.7 Å². The number of hydrogen-bond acceptors (Lipinski definition) is 5. The number of hydrazone groups is 1. The maximum absolute atomic E-state index is 12.2. The Balaban J connectivity index is 2.16. The second-order valence-corrected chi connectivity index (χ2v) is 8.15. The topological polar surface area (TPSA) is 116 Å². The quantitative estimate of drug-likeness (QED) is 0.541. The van der Waals surface area contributed by atoms with Crippen LogP contribution >= 0.6 is 0 Å². The molecule has 0 aliphatic heterocycles. The molecule has 2 aromatic rings. The lowest BCUT2D eigenvalue weighted by Gasteiger charge is -2.23. The predicted molar refractivity (Wildman–Crippen MR) is 107 cm³/mol. The molecule has 2 N–H and O–H groups in total. The third-order valence-electron chi connectivity index (χ3n) is 3.89. The summed E-state index contributed by atoms with van der Waals surface area (Å²) in [5, 5.41) is 12.9. The van der Waals surface area contributed by atoms with E-state index in [0.29, 0.717) is 11.3 Å². The average Bonchev–Trinajstić information content (AvgIpc) is 2.59. The van der Waals surface area contributed by atoms with E-state index in [9.17, 15) is 18.0 Å². The minimum absolute atomic E-state index is 0.0357. The third-order valence-corrected chi connectivity index (χ3v) is 5.02. The Kier molecular flexibility index (Phi) is 6.53. The molecule has 0 bridgehead atoms. The Morgan fingerprint density at radius 3 is 2.46 bits per heavy atom. The molecule has 2 aromatic carbocycles. The number of carboxylic acids is 1. The van der Waals surface area contributed by atoms with Gasteiger partial charge in [-0.1, -0.05) is 35.9 Å². The number of aromatic carboxylic acids is 1. The van der Waals surface area contributed by atoms with Crippen LogP contribution in [-0.4, -0.2) is 44.4 Å². The molecular weight excluding hydrogens is 382 g/mol. The van der Waals surface area contributed by atoms with Crippen molar-refractivity contribution >= 4 is 33.8 Å². The maximum Gasteiger partial charge on any atom is 0.336 e. The number of benzene rings is 2. The van der Waals surface area contributed by atoms with Crippen LogP contribution in [0.5, 0.6) is 0 Å². The number of carbonyl (C=O) groups excluding carboxylic acids is 1. The molecule has 0 fully saturated rings. The highest BCUT2D eigenvalue weighted by Gasteiger charge is 2.22. The van der Waals surface area contributed by atoms with Crippen LogP contribution in [-0.2, 0) is 14.8 Å². The molecule has 0 saturated carbocycles. The first-order valence-corrected chi connectivity index (χ1v) is 10.1. The fourth-order valence-electron chi connectivity index (χ4n) is 2.61. The Morgan fingerprint density at radius 2 is 1.86 bits per heavy atom. The van der Waals surface area contributed by atoms with Crippen molar-refractivity contribution in [3.63, 3.8) is 0 Å². The van der Waals surface area contributed by atoms with Gasteiger partial charge in [-0.3, -0.25) is 9.10 Å². The Labute approximate surface area is 163 Å². The molecule has 8 nitrogen and oxygen atoms in total. The summed E-state index contributed by atoms with van der Waals surface area (Å²) in [5.41, 5.74) is 4.68. The molecule has 28 heavy (non-hydrogen) atoms. The lowest BCUT2D eigenvalue weighted by molar-refractivity contribution is -0.119. The number of hydrogen-bond donors (Lipinski definition) is 2. The SMILES string of the molecule is Cc1ccc(N(CC(=O)N/N=C\c2ccccc2C(=O)O)S(C)(=O)=O)c(C)c1. The van der Waals surface area contributed by atoms with Crippen molar-refractivity contribution in [2.45, 2.75) is 13.8 Å². The largest absolute Gasteiger partial charge is 0.478 e. The lowest BCUT2D eigenvalue weighted by atomic mass is 10.1. The maximum atomic E-state index is 12.2. The highest BCUT2D eigenvalue weighted by atomic mass is 32.2. The Morgan fingerprint density at radius 1 is 1.18 bits per heavy atom. The van der Waals surface area contributed by atoms with E-state index in [-0.39, 0.29) is 5.56 Å². The molecule has 0 aliphatic carbocycles. The molecular formula is C19H21N3O5S. The van der Waals surface area contributed by atoms with Gasteiger partial charge in [0.15, 0.2) is 0 Å². The molecule has 0 saturated heterocycles.